The monoisotopic (exact) mass is 400 g/mol. The highest BCUT2D eigenvalue weighted by Crippen LogP contribution is 2.31. The smallest absolute Gasteiger partial charge is 0.258 e. The number of rotatable bonds is 10. The van der Waals surface area contributed by atoms with Crippen LogP contribution in [0.15, 0.2) is 42.5 Å². The fraction of sp³-hybridized carbons (Fsp3) is 0.364. The van der Waals surface area contributed by atoms with E-state index in [9.17, 15) is 14.7 Å². The van der Waals surface area contributed by atoms with E-state index in [1.54, 1.807) is 24.3 Å². The molecule has 0 aromatic heterocycles. The molecule has 1 atom stereocenters. The zero-order valence-corrected chi connectivity index (χ0v) is 17.1. The summed E-state index contributed by atoms with van der Waals surface area (Å²) >= 11 is 0. The lowest BCUT2D eigenvalue weighted by molar-refractivity contribution is -0.306. The standard InChI is InChI=1S/C22H27NO6/c1-14(2)16-7-5-6-8-18(16)29-13-21(24)23-17(12-22(25)26)15-9-10-19(27-3)20(11-15)28-4/h5-11,14,17H,12-13H2,1-4H3,(H,23,24)(H,25,26)/p-1/t17-/m0/s1. The van der Waals surface area contributed by atoms with Crippen molar-refractivity contribution in [1.82, 2.24) is 5.32 Å². The van der Waals surface area contributed by atoms with Crippen molar-refractivity contribution in [3.8, 4) is 17.2 Å². The number of carbonyl (C=O) groups excluding carboxylic acids is 2. The molecule has 0 saturated carbocycles. The molecule has 0 saturated heterocycles. The van der Waals surface area contributed by atoms with Crippen LogP contribution in [0, 0.1) is 0 Å². The number of carboxylic acids is 1. The number of aliphatic carboxylic acids is 1. The first-order chi connectivity index (χ1) is 13.8. The Morgan fingerprint density at radius 2 is 1.69 bits per heavy atom. The predicted molar refractivity (Wildman–Crippen MR) is 106 cm³/mol. The summed E-state index contributed by atoms with van der Waals surface area (Å²) in [4.78, 5) is 23.6. The molecule has 0 spiro atoms. The van der Waals surface area contributed by atoms with Gasteiger partial charge in [0.05, 0.1) is 20.3 Å². The maximum absolute atomic E-state index is 12.4. The molecule has 0 aliphatic carbocycles. The van der Waals surface area contributed by atoms with Crippen LogP contribution in [-0.4, -0.2) is 32.7 Å². The van der Waals surface area contributed by atoms with E-state index < -0.39 is 17.9 Å². The van der Waals surface area contributed by atoms with Gasteiger partial charge in [-0.15, -0.1) is 0 Å². The van der Waals surface area contributed by atoms with Gasteiger partial charge in [-0.05, 0) is 35.2 Å². The van der Waals surface area contributed by atoms with E-state index in [2.05, 4.69) is 5.32 Å². The van der Waals surface area contributed by atoms with Crippen LogP contribution in [0.3, 0.4) is 0 Å². The summed E-state index contributed by atoms with van der Waals surface area (Å²) in [6.45, 7) is 3.84. The highest BCUT2D eigenvalue weighted by atomic mass is 16.5. The molecule has 0 unspecified atom stereocenters. The second kappa shape index (κ2) is 10.4. The number of ether oxygens (including phenoxy) is 3. The Hall–Kier alpha value is -3.22. The molecule has 0 bridgehead atoms. The molecule has 0 radical (unpaired) electrons. The Kier molecular flexibility index (Phi) is 7.88. The minimum absolute atomic E-state index is 0.236. The minimum atomic E-state index is -1.28. The number of nitrogens with one attached hydrogen (secondary N) is 1. The van der Waals surface area contributed by atoms with Gasteiger partial charge in [0, 0.05) is 12.4 Å². The van der Waals surface area contributed by atoms with Crippen molar-refractivity contribution in [1.29, 1.82) is 0 Å². The van der Waals surface area contributed by atoms with E-state index >= 15 is 0 Å². The van der Waals surface area contributed by atoms with Gasteiger partial charge in [-0.2, -0.15) is 0 Å². The molecule has 2 rings (SSSR count). The minimum Gasteiger partial charge on any atom is -0.550 e. The fourth-order valence-electron chi connectivity index (χ4n) is 2.96. The lowest BCUT2D eigenvalue weighted by Crippen LogP contribution is -2.36. The molecule has 0 heterocycles. The Labute approximate surface area is 170 Å². The lowest BCUT2D eigenvalue weighted by atomic mass is 10.0. The first-order valence-electron chi connectivity index (χ1n) is 9.28. The number of hydrogen-bond acceptors (Lipinski definition) is 6. The van der Waals surface area contributed by atoms with Crippen LogP contribution in [0.4, 0.5) is 0 Å². The Morgan fingerprint density at radius 3 is 2.31 bits per heavy atom. The number of hydrogen-bond donors (Lipinski definition) is 1. The van der Waals surface area contributed by atoms with Gasteiger partial charge in [0.1, 0.15) is 5.75 Å². The fourth-order valence-corrected chi connectivity index (χ4v) is 2.96. The van der Waals surface area contributed by atoms with Gasteiger partial charge >= 0.3 is 0 Å². The van der Waals surface area contributed by atoms with Crippen LogP contribution in [0.2, 0.25) is 0 Å². The number of para-hydroxylation sites is 1. The van der Waals surface area contributed by atoms with Crippen molar-refractivity contribution in [3.63, 3.8) is 0 Å². The molecule has 7 heteroatoms. The summed E-state index contributed by atoms with van der Waals surface area (Å²) in [6, 6.07) is 11.6. The van der Waals surface area contributed by atoms with Crippen molar-refractivity contribution >= 4 is 11.9 Å². The maximum atomic E-state index is 12.4. The van der Waals surface area contributed by atoms with Crippen molar-refractivity contribution < 1.29 is 28.9 Å². The Balaban J connectivity index is 2.12. The first-order valence-corrected chi connectivity index (χ1v) is 9.28. The van der Waals surface area contributed by atoms with Crippen LogP contribution < -0.4 is 24.6 Å². The first kappa shape index (κ1) is 22.1. The maximum Gasteiger partial charge on any atom is 0.258 e. The average molecular weight is 400 g/mol. The van der Waals surface area contributed by atoms with E-state index in [-0.39, 0.29) is 18.9 Å². The summed E-state index contributed by atoms with van der Waals surface area (Å²) in [5, 5.41) is 13.9. The number of carboxylic acid groups (broad SMARTS) is 1. The van der Waals surface area contributed by atoms with Gasteiger partial charge in [0.15, 0.2) is 18.1 Å². The van der Waals surface area contributed by atoms with E-state index in [0.29, 0.717) is 22.8 Å². The van der Waals surface area contributed by atoms with Crippen LogP contribution in [0.1, 0.15) is 43.4 Å². The SMILES string of the molecule is COc1ccc([C@H](CC(=O)[O-])NC(=O)COc2ccccc2C(C)C)cc1OC. The third-order valence-electron chi connectivity index (χ3n) is 4.42. The summed E-state index contributed by atoms with van der Waals surface area (Å²) < 4.78 is 16.1. The molecule has 0 aliphatic heterocycles. The molecular weight excluding hydrogens is 374 g/mol. The third-order valence-corrected chi connectivity index (χ3v) is 4.42. The lowest BCUT2D eigenvalue weighted by Gasteiger charge is -2.21. The normalized spacial score (nSPS) is 11.6. The van der Waals surface area contributed by atoms with Gasteiger partial charge in [-0.25, -0.2) is 0 Å². The summed E-state index contributed by atoms with van der Waals surface area (Å²) in [6.07, 6.45) is -0.385. The molecule has 156 valence electrons. The zero-order valence-electron chi connectivity index (χ0n) is 17.1. The van der Waals surface area contributed by atoms with Crippen molar-refractivity contribution in [2.24, 2.45) is 0 Å². The largest absolute Gasteiger partial charge is 0.550 e. The molecule has 2 aromatic rings. The Bertz CT molecular complexity index is 849. The number of benzene rings is 2. The number of methoxy groups -OCH3 is 2. The molecular formula is C22H26NO6-. The zero-order chi connectivity index (χ0) is 21.4. The third kappa shape index (κ3) is 6.14. The van der Waals surface area contributed by atoms with Crippen LogP contribution >= 0.6 is 0 Å². The summed E-state index contributed by atoms with van der Waals surface area (Å²) in [5.41, 5.74) is 1.55. The van der Waals surface area contributed by atoms with Gasteiger partial charge in [-0.1, -0.05) is 38.1 Å². The second-order valence-electron chi connectivity index (χ2n) is 6.79. The van der Waals surface area contributed by atoms with Crippen molar-refractivity contribution in [2.75, 3.05) is 20.8 Å². The van der Waals surface area contributed by atoms with E-state index in [1.165, 1.54) is 14.2 Å². The van der Waals surface area contributed by atoms with Crippen molar-refractivity contribution in [2.45, 2.75) is 32.2 Å². The van der Waals surface area contributed by atoms with E-state index in [0.717, 1.165) is 5.56 Å². The number of amides is 1. The molecule has 0 aliphatic rings. The molecule has 29 heavy (non-hydrogen) atoms. The Morgan fingerprint density at radius 1 is 1.00 bits per heavy atom. The van der Waals surface area contributed by atoms with E-state index in [4.69, 9.17) is 14.2 Å². The van der Waals surface area contributed by atoms with Gasteiger partial charge in [0.25, 0.3) is 5.91 Å². The number of carbonyl (C=O) groups is 2. The second-order valence-corrected chi connectivity index (χ2v) is 6.79. The van der Waals surface area contributed by atoms with Crippen LogP contribution in [0.5, 0.6) is 17.2 Å². The molecule has 0 fully saturated rings. The van der Waals surface area contributed by atoms with E-state index in [1.807, 2.05) is 32.0 Å². The van der Waals surface area contributed by atoms with Crippen LogP contribution in [0.25, 0.3) is 0 Å². The molecule has 1 amide bonds. The van der Waals surface area contributed by atoms with Crippen molar-refractivity contribution in [3.05, 3.63) is 53.6 Å². The average Bonchev–Trinajstić information content (AvgIpc) is 2.71. The quantitative estimate of drug-likeness (QED) is 0.657. The highest BCUT2D eigenvalue weighted by molar-refractivity contribution is 5.79. The molecule has 1 N–H and O–H groups in total. The topological polar surface area (TPSA) is 96.9 Å². The molecule has 2 aromatic carbocycles. The van der Waals surface area contributed by atoms with Gasteiger partial charge in [-0.3, -0.25) is 4.79 Å². The predicted octanol–water partition coefficient (Wildman–Crippen LogP) is 2.20. The summed E-state index contributed by atoms with van der Waals surface area (Å²) in [5.74, 6) is 0.0842. The van der Waals surface area contributed by atoms with Crippen LogP contribution in [-0.2, 0) is 9.59 Å². The van der Waals surface area contributed by atoms with Gasteiger partial charge < -0.3 is 29.4 Å². The highest BCUT2D eigenvalue weighted by Gasteiger charge is 2.18. The molecule has 7 nitrogen and oxygen atoms in total. The van der Waals surface area contributed by atoms with Gasteiger partial charge in [0.2, 0.25) is 0 Å². The summed E-state index contributed by atoms with van der Waals surface area (Å²) in [7, 11) is 2.98.